The Labute approximate surface area is 130 Å². The highest BCUT2D eigenvalue weighted by Gasteiger charge is 2.07. The Morgan fingerprint density at radius 2 is 2.04 bits per heavy atom. The molecule has 114 valence electrons. The highest BCUT2D eigenvalue weighted by molar-refractivity contribution is 6.03. The Bertz CT molecular complexity index is 900. The molecule has 1 aromatic carbocycles. The lowest BCUT2D eigenvalue weighted by molar-refractivity contribution is -0.131. The molecule has 0 unspecified atom stereocenters. The number of aromatic nitrogens is 3. The Morgan fingerprint density at radius 3 is 2.78 bits per heavy atom. The zero-order valence-electron chi connectivity index (χ0n) is 11.9. The van der Waals surface area contributed by atoms with E-state index >= 15 is 0 Å². The molecular weight excluding hydrogens is 296 g/mol. The number of fused-ring (bicyclic) bond motifs is 1. The summed E-state index contributed by atoms with van der Waals surface area (Å²) in [5, 5.41) is 11.1. The van der Waals surface area contributed by atoms with Gasteiger partial charge in [0, 0.05) is 24.0 Å². The number of hydrogen-bond acceptors (Lipinski definition) is 4. The molecule has 1 amide bonds. The van der Waals surface area contributed by atoms with Crippen LogP contribution in [0.15, 0.2) is 54.7 Å². The number of H-pyrrole nitrogens is 1. The van der Waals surface area contributed by atoms with E-state index in [1.807, 2.05) is 18.2 Å². The fourth-order valence-corrected chi connectivity index (χ4v) is 2.04. The van der Waals surface area contributed by atoms with E-state index in [1.54, 1.807) is 24.4 Å². The number of nitrogens with zero attached hydrogens (tertiary/aromatic N) is 2. The van der Waals surface area contributed by atoms with Crippen LogP contribution >= 0.6 is 0 Å². The first-order chi connectivity index (χ1) is 11.1. The molecule has 0 atom stereocenters. The highest BCUT2D eigenvalue weighted by Crippen LogP contribution is 2.21. The second-order valence-corrected chi connectivity index (χ2v) is 4.69. The van der Waals surface area contributed by atoms with Gasteiger partial charge >= 0.3 is 5.97 Å². The van der Waals surface area contributed by atoms with Crippen LogP contribution in [0.5, 0.6) is 0 Å². The van der Waals surface area contributed by atoms with E-state index in [1.165, 1.54) is 0 Å². The molecule has 0 aliphatic heterocycles. The molecule has 0 spiro atoms. The number of carbonyl (C=O) groups is 2. The fourth-order valence-electron chi connectivity index (χ4n) is 2.04. The van der Waals surface area contributed by atoms with Gasteiger partial charge in [-0.1, -0.05) is 6.07 Å². The number of aliphatic carboxylic acids is 1. The van der Waals surface area contributed by atoms with Crippen LogP contribution in [0, 0.1) is 0 Å². The van der Waals surface area contributed by atoms with E-state index in [0.29, 0.717) is 11.5 Å². The summed E-state index contributed by atoms with van der Waals surface area (Å²) in [6.45, 7) is 0. The standard InChI is InChI=1S/C16H12N4O3/c21-14(6-7-15(22)23)18-10-4-5-11-13(9-10)20-16(19-11)12-3-1-2-8-17-12/h1-9H,(H,18,21)(H,19,20)(H,22,23). The van der Waals surface area contributed by atoms with Gasteiger partial charge in [-0.25, -0.2) is 9.78 Å². The number of amides is 1. The second-order valence-electron chi connectivity index (χ2n) is 4.69. The van der Waals surface area contributed by atoms with Crippen molar-refractivity contribution < 1.29 is 14.7 Å². The fraction of sp³-hybridized carbons (Fsp3) is 0. The Kier molecular flexibility index (Phi) is 3.84. The third-order valence-corrected chi connectivity index (χ3v) is 3.03. The molecule has 0 aliphatic rings. The van der Waals surface area contributed by atoms with Crippen molar-refractivity contribution in [2.24, 2.45) is 0 Å². The maximum absolute atomic E-state index is 11.6. The number of carboxylic acids is 1. The highest BCUT2D eigenvalue weighted by atomic mass is 16.4. The lowest BCUT2D eigenvalue weighted by Gasteiger charge is -2.01. The molecular formula is C16H12N4O3. The van der Waals surface area contributed by atoms with Crippen LogP contribution in [-0.2, 0) is 9.59 Å². The zero-order valence-corrected chi connectivity index (χ0v) is 11.9. The van der Waals surface area contributed by atoms with Crippen molar-refractivity contribution in [1.82, 2.24) is 15.0 Å². The van der Waals surface area contributed by atoms with Gasteiger partial charge in [-0.3, -0.25) is 9.78 Å². The van der Waals surface area contributed by atoms with Gasteiger partial charge in [0.2, 0.25) is 5.91 Å². The molecule has 3 aromatic rings. The average molecular weight is 308 g/mol. The Morgan fingerprint density at radius 1 is 1.17 bits per heavy atom. The summed E-state index contributed by atoms with van der Waals surface area (Å²) in [4.78, 5) is 33.8. The number of hydrogen-bond donors (Lipinski definition) is 3. The predicted molar refractivity (Wildman–Crippen MR) is 84.7 cm³/mol. The summed E-state index contributed by atoms with van der Waals surface area (Å²) in [7, 11) is 0. The molecule has 0 bridgehead atoms. The number of aromatic amines is 1. The van der Waals surface area contributed by atoms with E-state index in [4.69, 9.17) is 5.11 Å². The number of rotatable bonds is 4. The Balaban J connectivity index is 1.85. The number of nitrogens with one attached hydrogen (secondary N) is 2. The number of carboxylic acid groups (broad SMARTS) is 1. The van der Waals surface area contributed by atoms with Crippen LogP contribution in [-0.4, -0.2) is 31.9 Å². The van der Waals surface area contributed by atoms with Gasteiger partial charge in [0.1, 0.15) is 5.69 Å². The molecule has 7 heteroatoms. The molecule has 0 saturated carbocycles. The molecule has 3 rings (SSSR count). The normalized spacial score (nSPS) is 11.0. The van der Waals surface area contributed by atoms with Crippen LogP contribution < -0.4 is 5.32 Å². The van der Waals surface area contributed by atoms with Crippen LogP contribution in [0.3, 0.4) is 0 Å². The molecule has 3 N–H and O–H groups in total. The van der Waals surface area contributed by atoms with Gasteiger partial charge in [-0.15, -0.1) is 0 Å². The maximum atomic E-state index is 11.6. The minimum Gasteiger partial charge on any atom is -0.478 e. The molecule has 0 radical (unpaired) electrons. The molecule has 2 heterocycles. The van der Waals surface area contributed by atoms with E-state index in [9.17, 15) is 9.59 Å². The van der Waals surface area contributed by atoms with Gasteiger partial charge in [0.25, 0.3) is 0 Å². The van der Waals surface area contributed by atoms with Crippen LogP contribution in [0.2, 0.25) is 0 Å². The predicted octanol–water partition coefficient (Wildman–Crippen LogP) is 2.20. The summed E-state index contributed by atoms with van der Waals surface area (Å²) in [6, 6.07) is 10.7. The summed E-state index contributed by atoms with van der Waals surface area (Å²) in [5.41, 5.74) is 2.74. The van der Waals surface area contributed by atoms with E-state index < -0.39 is 11.9 Å². The molecule has 2 aromatic heterocycles. The minimum atomic E-state index is -1.18. The average Bonchev–Trinajstić information content (AvgIpc) is 2.97. The molecule has 23 heavy (non-hydrogen) atoms. The monoisotopic (exact) mass is 308 g/mol. The van der Waals surface area contributed by atoms with Gasteiger partial charge in [-0.2, -0.15) is 0 Å². The maximum Gasteiger partial charge on any atom is 0.328 e. The van der Waals surface area contributed by atoms with Crippen LogP contribution in [0.4, 0.5) is 5.69 Å². The largest absolute Gasteiger partial charge is 0.478 e. The van der Waals surface area contributed by atoms with Crippen molar-refractivity contribution in [2.75, 3.05) is 5.32 Å². The van der Waals surface area contributed by atoms with Crippen molar-refractivity contribution in [3.63, 3.8) is 0 Å². The quantitative estimate of drug-likeness (QED) is 0.640. The first kappa shape index (κ1) is 14.5. The van der Waals surface area contributed by atoms with Crippen molar-refractivity contribution >= 4 is 28.6 Å². The number of carbonyl (C=O) groups excluding carboxylic acids is 1. The summed E-state index contributed by atoms with van der Waals surface area (Å²) < 4.78 is 0. The van der Waals surface area contributed by atoms with Gasteiger partial charge in [0.05, 0.1) is 11.0 Å². The molecule has 7 nitrogen and oxygen atoms in total. The van der Waals surface area contributed by atoms with Crippen LogP contribution in [0.1, 0.15) is 0 Å². The first-order valence-corrected chi connectivity index (χ1v) is 6.75. The molecule has 0 saturated heterocycles. The number of benzene rings is 1. The van der Waals surface area contributed by atoms with Gasteiger partial charge < -0.3 is 15.4 Å². The number of anilines is 1. The second kappa shape index (κ2) is 6.10. The van der Waals surface area contributed by atoms with E-state index in [-0.39, 0.29) is 0 Å². The lowest BCUT2D eigenvalue weighted by atomic mass is 10.2. The summed E-state index contributed by atoms with van der Waals surface area (Å²) in [6.07, 6.45) is 3.42. The number of imidazole rings is 1. The third-order valence-electron chi connectivity index (χ3n) is 3.03. The Hall–Kier alpha value is -3.48. The van der Waals surface area contributed by atoms with Crippen molar-refractivity contribution in [2.45, 2.75) is 0 Å². The van der Waals surface area contributed by atoms with Gasteiger partial charge in [0.15, 0.2) is 5.82 Å². The van der Waals surface area contributed by atoms with Gasteiger partial charge in [-0.05, 0) is 30.3 Å². The third kappa shape index (κ3) is 3.41. The summed E-state index contributed by atoms with van der Waals surface area (Å²) in [5.74, 6) is -1.06. The van der Waals surface area contributed by atoms with E-state index in [0.717, 1.165) is 28.9 Å². The topological polar surface area (TPSA) is 108 Å². The van der Waals surface area contributed by atoms with Crippen molar-refractivity contribution in [3.8, 4) is 11.5 Å². The molecule has 0 fully saturated rings. The summed E-state index contributed by atoms with van der Waals surface area (Å²) >= 11 is 0. The molecule has 0 aliphatic carbocycles. The lowest BCUT2D eigenvalue weighted by Crippen LogP contribution is -2.08. The minimum absolute atomic E-state index is 0.517. The SMILES string of the molecule is O=C(O)C=CC(=O)Nc1ccc2nc(-c3ccccn3)[nH]c2c1. The van der Waals surface area contributed by atoms with Crippen LogP contribution in [0.25, 0.3) is 22.6 Å². The number of pyridine rings is 1. The zero-order chi connectivity index (χ0) is 16.2. The van der Waals surface area contributed by atoms with Crippen molar-refractivity contribution in [1.29, 1.82) is 0 Å². The first-order valence-electron chi connectivity index (χ1n) is 6.75. The van der Waals surface area contributed by atoms with E-state index in [2.05, 4.69) is 20.3 Å². The smallest absolute Gasteiger partial charge is 0.328 e. The van der Waals surface area contributed by atoms with Crippen molar-refractivity contribution in [3.05, 3.63) is 54.7 Å².